The fourth-order valence-corrected chi connectivity index (χ4v) is 2.90. The number of benzene rings is 1. The maximum absolute atomic E-state index is 5.63. The molecule has 0 spiro atoms. The summed E-state index contributed by atoms with van der Waals surface area (Å²) >= 11 is 10.3. The van der Waals surface area contributed by atoms with Crippen LogP contribution in [0.25, 0.3) is 0 Å². The number of rotatable bonds is 6. The van der Waals surface area contributed by atoms with Crippen LogP contribution in [0.5, 0.6) is 5.75 Å². The summed E-state index contributed by atoms with van der Waals surface area (Å²) in [5.74, 6) is 0.797. The second-order valence-corrected chi connectivity index (χ2v) is 6.30. The van der Waals surface area contributed by atoms with E-state index in [2.05, 4.69) is 78.7 Å². The van der Waals surface area contributed by atoms with Gasteiger partial charge in [-0.1, -0.05) is 29.4 Å². The first-order chi connectivity index (χ1) is 8.04. The van der Waals surface area contributed by atoms with E-state index in [0.717, 1.165) is 32.3 Å². The minimum Gasteiger partial charge on any atom is -0.486 e. The van der Waals surface area contributed by atoms with Crippen LogP contribution in [0.3, 0.4) is 0 Å². The molecule has 17 heavy (non-hydrogen) atoms. The molecule has 0 radical (unpaired) electrons. The van der Waals surface area contributed by atoms with Crippen molar-refractivity contribution < 1.29 is 4.74 Å². The molecule has 0 saturated heterocycles. The van der Waals surface area contributed by atoms with E-state index in [1.54, 1.807) is 0 Å². The van der Waals surface area contributed by atoms with Gasteiger partial charge in [-0.25, -0.2) is 0 Å². The number of hydrogen-bond acceptors (Lipinski definition) is 2. The molecule has 0 bridgehead atoms. The summed E-state index contributed by atoms with van der Waals surface area (Å²) in [6.45, 7) is 8.07. The van der Waals surface area contributed by atoms with Crippen molar-refractivity contribution >= 4 is 47.8 Å². The molecule has 1 N–H and O–H groups in total. The average Bonchev–Trinajstić information content (AvgIpc) is 2.24. The second-order valence-electron chi connectivity index (χ2n) is 3.47. The van der Waals surface area contributed by atoms with Gasteiger partial charge >= 0.3 is 0 Å². The minimum atomic E-state index is 0.448. The summed E-state index contributed by atoms with van der Waals surface area (Å²) in [6.07, 6.45) is 0. The number of nitrogens with one attached hydrogen (secondary N) is 1. The molecule has 0 unspecified atom stereocenters. The van der Waals surface area contributed by atoms with Gasteiger partial charge < -0.3 is 10.1 Å². The Bertz CT molecular complexity index is 384. The molecule has 0 saturated carbocycles. The van der Waals surface area contributed by atoms with E-state index in [9.17, 15) is 0 Å². The quantitative estimate of drug-likeness (QED) is 0.715. The van der Waals surface area contributed by atoms with Crippen LogP contribution in [0.1, 0.15) is 12.5 Å². The molecule has 1 aromatic rings. The molecule has 5 heteroatoms. The number of hydrogen-bond donors (Lipinski definition) is 1. The first-order valence-corrected chi connectivity index (χ1v) is 7.57. The Balaban J connectivity index is 2.82. The molecule has 94 valence electrons. The maximum atomic E-state index is 5.63. The topological polar surface area (TPSA) is 21.3 Å². The zero-order chi connectivity index (χ0) is 12.8. The molecule has 2 nitrogen and oxygen atoms in total. The van der Waals surface area contributed by atoms with Gasteiger partial charge in [0.2, 0.25) is 0 Å². The maximum Gasteiger partial charge on any atom is 0.148 e. The van der Waals surface area contributed by atoms with Crippen molar-refractivity contribution in [3.63, 3.8) is 0 Å². The van der Waals surface area contributed by atoms with Crippen molar-refractivity contribution in [1.29, 1.82) is 0 Å². The van der Waals surface area contributed by atoms with E-state index in [1.165, 1.54) is 5.56 Å². The standard InChI is InChI=1S/C12H14Br3NO/c1-3-16-6-9-4-10(14)12(11(15)5-9)17-7-8(2)13/h4-5,16H,2-3,6-7H2,1H3. The summed E-state index contributed by atoms with van der Waals surface area (Å²) in [7, 11) is 0. The van der Waals surface area contributed by atoms with Crippen molar-refractivity contribution in [3.05, 3.63) is 37.7 Å². The predicted molar refractivity (Wildman–Crippen MR) is 82.8 cm³/mol. The molecule has 0 amide bonds. The van der Waals surface area contributed by atoms with Gasteiger partial charge in [0.05, 0.1) is 8.95 Å². The van der Waals surface area contributed by atoms with E-state index in [0.29, 0.717) is 6.61 Å². The molecule has 0 aliphatic heterocycles. The van der Waals surface area contributed by atoms with E-state index in [1.807, 2.05) is 0 Å². The largest absolute Gasteiger partial charge is 0.486 e. The van der Waals surface area contributed by atoms with Gasteiger partial charge in [0.1, 0.15) is 12.4 Å². The zero-order valence-electron chi connectivity index (χ0n) is 9.53. The van der Waals surface area contributed by atoms with Gasteiger partial charge in [0, 0.05) is 11.0 Å². The highest BCUT2D eigenvalue weighted by molar-refractivity contribution is 9.11. The van der Waals surface area contributed by atoms with Crippen LogP contribution >= 0.6 is 47.8 Å². The third-order valence-electron chi connectivity index (χ3n) is 2.01. The van der Waals surface area contributed by atoms with Gasteiger partial charge in [-0.3, -0.25) is 0 Å². The molecule has 1 rings (SSSR count). The third kappa shape index (κ3) is 5.12. The molecular weight excluding hydrogens is 414 g/mol. The van der Waals surface area contributed by atoms with Crippen LogP contribution in [0, 0.1) is 0 Å². The average molecular weight is 428 g/mol. The lowest BCUT2D eigenvalue weighted by Gasteiger charge is -2.12. The van der Waals surface area contributed by atoms with Crippen LogP contribution in [-0.2, 0) is 6.54 Å². The Hall–Kier alpha value is 0.160. The first-order valence-electron chi connectivity index (χ1n) is 5.19. The lowest BCUT2D eigenvalue weighted by Crippen LogP contribution is -2.11. The van der Waals surface area contributed by atoms with Gasteiger partial charge in [-0.05, 0) is 56.1 Å². The fourth-order valence-electron chi connectivity index (χ4n) is 1.27. The minimum absolute atomic E-state index is 0.448. The van der Waals surface area contributed by atoms with E-state index >= 15 is 0 Å². The predicted octanol–water partition coefficient (Wildman–Crippen LogP) is 4.61. The number of ether oxygens (including phenoxy) is 1. The van der Waals surface area contributed by atoms with Gasteiger partial charge in [-0.15, -0.1) is 0 Å². The van der Waals surface area contributed by atoms with Crippen molar-refractivity contribution in [1.82, 2.24) is 5.32 Å². The Labute approximate surface area is 127 Å². The normalized spacial score (nSPS) is 10.4. The third-order valence-corrected chi connectivity index (χ3v) is 3.42. The highest BCUT2D eigenvalue weighted by Gasteiger charge is 2.09. The Morgan fingerprint density at radius 2 is 1.94 bits per heavy atom. The fraction of sp³-hybridized carbons (Fsp3) is 0.333. The highest BCUT2D eigenvalue weighted by Crippen LogP contribution is 2.35. The lowest BCUT2D eigenvalue weighted by molar-refractivity contribution is 0.356. The lowest BCUT2D eigenvalue weighted by atomic mass is 10.2. The van der Waals surface area contributed by atoms with Crippen LogP contribution in [0.4, 0.5) is 0 Å². The molecule has 0 aliphatic rings. The van der Waals surface area contributed by atoms with Crippen LogP contribution < -0.4 is 10.1 Å². The summed E-state index contributed by atoms with van der Waals surface area (Å²) in [6, 6.07) is 4.11. The molecule has 0 aromatic heterocycles. The summed E-state index contributed by atoms with van der Waals surface area (Å²) in [5.41, 5.74) is 1.20. The van der Waals surface area contributed by atoms with Crippen molar-refractivity contribution in [2.75, 3.05) is 13.2 Å². The summed E-state index contributed by atoms with van der Waals surface area (Å²) < 4.78 is 8.32. The second kappa shape index (κ2) is 7.56. The molecule has 0 heterocycles. The van der Waals surface area contributed by atoms with Crippen LogP contribution in [-0.4, -0.2) is 13.2 Å². The van der Waals surface area contributed by atoms with E-state index in [4.69, 9.17) is 4.74 Å². The Kier molecular flexibility index (Phi) is 6.77. The Morgan fingerprint density at radius 3 is 2.41 bits per heavy atom. The molecular formula is C12H14Br3NO. The smallest absolute Gasteiger partial charge is 0.148 e. The molecule has 0 fully saturated rings. The highest BCUT2D eigenvalue weighted by atomic mass is 79.9. The number of halogens is 3. The van der Waals surface area contributed by atoms with Gasteiger partial charge in [0.25, 0.3) is 0 Å². The van der Waals surface area contributed by atoms with Crippen molar-refractivity contribution in [2.24, 2.45) is 0 Å². The SMILES string of the molecule is C=C(Br)COc1c(Br)cc(CNCC)cc1Br. The summed E-state index contributed by atoms with van der Waals surface area (Å²) in [4.78, 5) is 0. The molecule has 0 atom stereocenters. The van der Waals surface area contributed by atoms with E-state index < -0.39 is 0 Å². The van der Waals surface area contributed by atoms with Crippen LogP contribution in [0.15, 0.2) is 32.1 Å². The monoisotopic (exact) mass is 425 g/mol. The van der Waals surface area contributed by atoms with E-state index in [-0.39, 0.29) is 0 Å². The van der Waals surface area contributed by atoms with Crippen molar-refractivity contribution in [2.45, 2.75) is 13.5 Å². The van der Waals surface area contributed by atoms with Gasteiger partial charge in [0.15, 0.2) is 0 Å². The summed E-state index contributed by atoms with van der Waals surface area (Å²) in [5, 5.41) is 3.28. The molecule has 0 aliphatic carbocycles. The van der Waals surface area contributed by atoms with Gasteiger partial charge in [-0.2, -0.15) is 0 Å². The zero-order valence-corrected chi connectivity index (χ0v) is 14.3. The Morgan fingerprint density at radius 1 is 1.35 bits per heavy atom. The first kappa shape index (κ1) is 15.2. The molecule has 1 aromatic carbocycles. The van der Waals surface area contributed by atoms with Crippen molar-refractivity contribution in [3.8, 4) is 5.75 Å². The van der Waals surface area contributed by atoms with Crippen LogP contribution in [0.2, 0.25) is 0 Å².